The van der Waals surface area contributed by atoms with Gasteiger partial charge >= 0.3 is 0 Å². The van der Waals surface area contributed by atoms with E-state index >= 15 is 0 Å². The number of rotatable bonds is 8. The molecule has 10 nitrogen and oxygen atoms in total. The minimum absolute atomic E-state index is 0.0672. The van der Waals surface area contributed by atoms with E-state index in [1.54, 1.807) is 12.1 Å². The lowest BCUT2D eigenvalue weighted by Gasteiger charge is -2.15. The maximum Gasteiger partial charge on any atom is 0.270 e. The van der Waals surface area contributed by atoms with E-state index in [0.717, 1.165) is 17.4 Å². The number of primary sulfonamides is 1. The fourth-order valence-corrected chi connectivity index (χ4v) is 4.56. The van der Waals surface area contributed by atoms with E-state index in [4.69, 9.17) is 5.14 Å². The Morgan fingerprint density at radius 3 is 2.34 bits per heavy atom. The number of carbonyl (C=O) groups is 1. The lowest BCUT2D eigenvalue weighted by molar-refractivity contribution is -0.115. The summed E-state index contributed by atoms with van der Waals surface area (Å²) in [5.74, 6) is -0.357. The van der Waals surface area contributed by atoms with E-state index in [1.807, 2.05) is 44.1 Å². The predicted octanol–water partition coefficient (Wildman–Crippen LogP) is 2.53. The molecule has 0 saturated carbocycles. The Bertz CT molecular complexity index is 1430. The summed E-state index contributed by atoms with van der Waals surface area (Å²) >= 11 is 1.06. The molecule has 0 saturated heterocycles. The highest BCUT2D eigenvalue weighted by atomic mass is 32.2. The van der Waals surface area contributed by atoms with Gasteiger partial charge in [0, 0.05) is 31.0 Å². The average molecular weight is 513 g/mol. The van der Waals surface area contributed by atoms with Crippen LogP contribution in [-0.4, -0.2) is 43.6 Å². The first-order valence-corrected chi connectivity index (χ1v) is 12.9. The highest BCUT2D eigenvalue weighted by Crippen LogP contribution is 2.27. The number of sulfonamides is 1. The van der Waals surface area contributed by atoms with E-state index in [0.29, 0.717) is 17.7 Å². The summed E-state index contributed by atoms with van der Waals surface area (Å²) in [7, 11) is -0.0313. The molecule has 4 N–H and O–H groups in total. The molecule has 1 atom stereocenters. The molecular formula is C23H24N6O4S2. The molecule has 0 aliphatic heterocycles. The number of nitriles is 1. The molecule has 0 aliphatic rings. The second kappa shape index (κ2) is 10.7. The van der Waals surface area contributed by atoms with Crippen LogP contribution in [0, 0.1) is 11.3 Å². The third-order valence-electron chi connectivity index (χ3n) is 5.03. The fourth-order valence-electron chi connectivity index (χ4n) is 3.15. The number of aromatic amines is 1. The molecule has 0 radical (unpaired) electrons. The van der Waals surface area contributed by atoms with Gasteiger partial charge in [-0.3, -0.25) is 9.59 Å². The number of anilines is 2. The number of nitrogens with zero attached hydrogens (tertiary/aromatic N) is 3. The Kier molecular flexibility index (Phi) is 7.96. The zero-order chi connectivity index (χ0) is 25.8. The van der Waals surface area contributed by atoms with Gasteiger partial charge in [-0.2, -0.15) is 5.26 Å². The molecule has 3 aromatic rings. The van der Waals surface area contributed by atoms with Gasteiger partial charge < -0.3 is 15.2 Å². The molecule has 2 aromatic carbocycles. The van der Waals surface area contributed by atoms with Crippen LogP contribution in [-0.2, 0) is 14.8 Å². The van der Waals surface area contributed by atoms with Crippen molar-refractivity contribution in [2.75, 3.05) is 24.3 Å². The summed E-state index contributed by atoms with van der Waals surface area (Å²) in [6.07, 6.45) is 0.419. The number of benzene rings is 2. The average Bonchev–Trinajstić information content (AvgIpc) is 2.82. The molecule has 0 unspecified atom stereocenters. The minimum Gasteiger partial charge on any atom is -0.378 e. The van der Waals surface area contributed by atoms with Crippen LogP contribution in [0.3, 0.4) is 0 Å². The number of amides is 1. The van der Waals surface area contributed by atoms with Gasteiger partial charge in [0.05, 0.1) is 15.8 Å². The number of thioether (sulfide) groups is 1. The monoisotopic (exact) mass is 512 g/mol. The molecular weight excluding hydrogens is 488 g/mol. The van der Waals surface area contributed by atoms with Gasteiger partial charge in [-0.1, -0.05) is 30.8 Å². The summed E-state index contributed by atoms with van der Waals surface area (Å²) < 4.78 is 22.8. The predicted molar refractivity (Wildman–Crippen MR) is 136 cm³/mol. The number of hydrogen-bond acceptors (Lipinski definition) is 8. The molecule has 3 rings (SSSR count). The molecule has 0 aliphatic carbocycles. The topological polar surface area (TPSA) is 162 Å². The molecule has 0 spiro atoms. The lowest BCUT2D eigenvalue weighted by Crippen LogP contribution is -2.25. The second-order valence-corrected chi connectivity index (χ2v) is 10.5. The Morgan fingerprint density at radius 2 is 1.83 bits per heavy atom. The van der Waals surface area contributed by atoms with Crippen molar-refractivity contribution in [1.82, 2.24) is 9.97 Å². The highest BCUT2D eigenvalue weighted by Gasteiger charge is 2.22. The van der Waals surface area contributed by atoms with Crippen molar-refractivity contribution in [2.24, 2.45) is 5.14 Å². The zero-order valence-electron chi connectivity index (χ0n) is 19.3. The van der Waals surface area contributed by atoms with E-state index in [-0.39, 0.29) is 27.2 Å². The third kappa shape index (κ3) is 6.27. The van der Waals surface area contributed by atoms with Gasteiger partial charge in [0.25, 0.3) is 5.56 Å². The highest BCUT2D eigenvalue weighted by molar-refractivity contribution is 8.00. The molecule has 0 fully saturated rings. The SMILES string of the molecule is CC[C@H](Sc1nc(-c2ccc(N(C)C)cc2)c(C#N)c(=O)[nH]1)C(=O)Nc1ccc(S(N)(=O)=O)cc1. The molecule has 0 bridgehead atoms. The van der Waals surface area contributed by atoms with E-state index in [1.165, 1.54) is 24.3 Å². The van der Waals surface area contributed by atoms with Crippen LogP contribution in [0.15, 0.2) is 63.4 Å². The maximum absolute atomic E-state index is 12.8. The van der Waals surface area contributed by atoms with Crippen molar-refractivity contribution in [2.45, 2.75) is 28.6 Å². The summed E-state index contributed by atoms with van der Waals surface area (Å²) in [6, 6.07) is 14.7. The van der Waals surface area contributed by atoms with E-state index in [9.17, 15) is 23.3 Å². The van der Waals surface area contributed by atoms with Crippen molar-refractivity contribution in [3.63, 3.8) is 0 Å². The van der Waals surface area contributed by atoms with Crippen molar-refractivity contribution >= 4 is 39.1 Å². The van der Waals surface area contributed by atoms with Crippen molar-refractivity contribution in [1.29, 1.82) is 5.26 Å². The Labute approximate surface area is 207 Å². The number of carbonyl (C=O) groups excluding carboxylic acids is 1. The van der Waals surface area contributed by atoms with Crippen molar-refractivity contribution in [3.05, 3.63) is 64.4 Å². The molecule has 1 aromatic heterocycles. The quantitative estimate of drug-likeness (QED) is 0.306. The Balaban J connectivity index is 1.85. The summed E-state index contributed by atoms with van der Waals surface area (Å²) in [4.78, 5) is 34.3. The smallest absolute Gasteiger partial charge is 0.270 e. The Hall–Kier alpha value is -3.66. The molecule has 1 amide bonds. The van der Waals surface area contributed by atoms with Gasteiger partial charge in [-0.25, -0.2) is 18.5 Å². The van der Waals surface area contributed by atoms with Crippen LogP contribution in [0.5, 0.6) is 0 Å². The zero-order valence-corrected chi connectivity index (χ0v) is 20.9. The van der Waals surface area contributed by atoms with Crippen LogP contribution in [0.1, 0.15) is 18.9 Å². The van der Waals surface area contributed by atoms with Crippen molar-refractivity contribution in [3.8, 4) is 17.3 Å². The summed E-state index contributed by atoms with van der Waals surface area (Å²) in [6.45, 7) is 1.81. The van der Waals surface area contributed by atoms with Crippen LogP contribution >= 0.6 is 11.8 Å². The molecule has 182 valence electrons. The first-order valence-electron chi connectivity index (χ1n) is 10.5. The normalized spacial score (nSPS) is 12.0. The summed E-state index contributed by atoms with van der Waals surface area (Å²) in [5.41, 5.74) is 1.48. The van der Waals surface area contributed by atoms with E-state index < -0.39 is 20.8 Å². The first-order chi connectivity index (χ1) is 16.5. The van der Waals surface area contributed by atoms with Gasteiger partial charge in [0.1, 0.15) is 11.6 Å². The molecule has 12 heteroatoms. The van der Waals surface area contributed by atoms with Crippen LogP contribution in [0.4, 0.5) is 11.4 Å². The standard InChI is InChI=1S/C23H24N6O4S2/c1-4-19(22(31)26-15-7-11-17(12-8-15)35(25,32)33)34-23-27-20(18(13-24)21(30)28-23)14-5-9-16(10-6-14)29(2)3/h5-12,19H,4H2,1-3H3,(H,26,31)(H2,25,32,33)(H,27,28,30)/t19-/m0/s1. The van der Waals surface area contributed by atoms with Crippen molar-refractivity contribution < 1.29 is 13.2 Å². The number of nitrogens with one attached hydrogen (secondary N) is 2. The molecule has 35 heavy (non-hydrogen) atoms. The largest absolute Gasteiger partial charge is 0.378 e. The van der Waals surface area contributed by atoms with Crippen LogP contribution in [0.25, 0.3) is 11.3 Å². The number of H-pyrrole nitrogens is 1. The third-order valence-corrected chi connectivity index (χ3v) is 7.21. The van der Waals surface area contributed by atoms with Crippen LogP contribution < -0.4 is 20.9 Å². The summed E-state index contributed by atoms with van der Waals surface area (Å²) in [5, 5.41) is 16.9. The number of nitrogens with two attached hydrogens (primary N) is 1. The second-order valence-electron chi connectivity index (χ2n) is 7.72. The number of aromatic nitrogens is 2. The maximum atomic E-state index is 12.8. The first kappa shape index (κ1) is 26.0. The van der Waals surface area contributed by atoms with Crippen LogP contribution in [0.2, 0.25) is 0 Å². The van der Waals surface area contributed by atoms with Gasteiger partial charge in [0.15, 0.2) is 5.16 Å². The lowest BCUT2D eigenvalue weighted by atomic mass is 10.1. The van der Waals surface area contributed by atoms with Gasteiger partial charge in [-0.15, -0.1) is 0 Å². The van der Waals surface area contributed by atoms with E-state index in [2.05, 4.69) is 15.3 Å². The number of hydrogen-bond donors (Lipinski definition) is 3. The fraction of sp³-hybridized carbons (Fsp3) is 0.217. The minimum atomic E-state index is -3.84. The molecule has 1 heterocycles. The van der Waals surface area contributed by atoms with Gasteiger partial charge in [0.2, 0.25) is 15.9 Å². The Morgan fingerprint density at radius 1 is 1.20 bits per heavy atom. The van der Waals surface area contributed by atoms with Gasteiger partial charge in [-0.05, 0) is 42.8 Å².